The van der Waals surface area contributed by atoms with Crippen LogP contribution in [0.4, 0.5) is 0 Å². The predicted octanol–water partition coefficient (Wildman–Crippen LogP) is 3.88. The fraction of sp³-hybridized carbons (Fsp3) is 0.0909. The molecule has 1 heterocycles. The summed E-state index contributed by atoms with van der Waals surface area (Å²) in [6.07, 6.45) is 1.64. The van der Waals surface area contributed by atoms with Crippen molar-refractivity contribution in [2.75, 3.05) is 7.11 Å². The van der Waals surface area contributed by atoms with Gasteiger partial charge in [-0.1, -0.05) is 11.6 Å². The first-order chi connectivity index (χ1) is 8.52. The summed E-state index contributed by atoms with van der Waals surface area (Å²) in [5, 5.41) is 10.1. The molecular formula is C11H7BrClIN2O2. The summed E-state index contributed by atoms with van der Waals surface area (Å²) < 4.78 is 6.36. The van der Waals surface area contributed by atoms with Gasteiger partial charge in [0, 0.05) is 11.8 Å². The van der Waals surface area contributed by atoms with Gasteiger partial charge in [-0.2, -0.15) is 0 Å². The van der Waals surface area contributed by atoms with Crippen LogP contribution in [-0.4, -0.2) is 22.2 Å². The second-order valence-electron chi connectivity index (χ2n) is 3.34. The smallest absolute Gasteiger partial charge is 0.172 e. The lowest BCUT2D eigenvalue weighted by atomic mass is 10.2. The summed E-state index contributed by atoms with van der Waals surface area (Å²) in [4.78, 5) is 8.37. The molecule has 0 fully saturated rings. The summed E-state index contributed by atoms with van der Waals surface area (Å²) >= 11 is 11.3. The van der Waals surface area contributed by atoms with E-state index in [4.69, 9.17) is 16.3 Å². The van der Waals surface area contributed by atoms with E-state index >= 15 is 0 Å². The van der Waals surface area contributed by atoms with Crippen LogP contribution >= 0.6 is 50.1 Å². The van der Waals surface area contributed by atoms with Gasteiger partial charge in [-0.25, -0.2) is 9.97 Å². The molecule has 2 rings (SSSR count). The zero-order chi connectivity index (χ0) is 13.3. The monoisotopic (exact) mass is 440 g/mol. The second kappa shape index (κ2) is 5.58. The molecule has 0 spiro atoms. The van der Waals surface area contributed by atoms with Gasteiger partial charge in [-0.15, -0.1) is 0 Å². The Hall–Kier alpha value is -0.600. The summed E-state index contributed by atoms with van der Waals surface area (Å²) in [6, 6.07) is 3.36. The highest BCUT2D eigenvalue weighted by Gasteiger charge is 2.12. The number of phenolic OH excluding ortho intramolecular Hbond substituents is 1. The maximum absolute atomic E-state index is 9.73. The number of aromatic nitrogens is 2. The van der Waals surface area contributed by atoms with E-state index in [1.54, 1.807) is 18.3 Å². The highest BCUT2D eigenvalue weighted by molar-refractivity contribution is 14.1. The molecule has 0 bridgehead atoms. The Labute approximate surface area is 131 Å². The van der Waals surface area contributed by atoms with Gasteiger partial charge >= 0.3 is 0 Å². The van der Waals surface area contributed by atoms with Crippen molar-refractivity contribution in [3.05, 3.63) is 31.5 Å². The number of ether oxygens (including phenoxy) is 1. The number of benzene rings is 1. The topological polar surface area (TPSA) is 55.2 Å². The number of hydrogen-bond acceptors (Lipinski definition) is 4. The SMILES string of the molecule is COc1cc(-c2ncc(I)c(Cl)n2)cc(Br)c1O. The molecule has 1 aromatic carbocycles. The van der Waals surface area contributed by atoms with Gasteiger partial charge in [-0.05, 0) is 50.7 Å². The third kappa shape index (κ3) is 2.70. The number of nitrogens with zero attached hydrogens (tertiary/aromatic N) is 2. The van der Waals surface area contributed by atoms with E-state index in [2.05, 4.69) is 48.5 Å². The van der Waals surface area contributed by atoms with Crippen molar-refractivity contribution in [1.82, 2.24) is 9.97 Å². The van der Waals surface area contributed by atoms with Gasteiger partial charge in [0.1, 0.15) is 5.15 Å². The molecule has 1 N–H and O–H groups in total. The summed E-state index contributed by atoms with van der Waals surface area (Å²) in [6.45, 7) is 0. The molecule has 0 saturated heterocycles. The predicted molar refractivity (Wildman–Crippen MR) is 81.1 cm³/mol. The summed E-state index contributed by atoms with van der Waals surface area (Å²) in [5.74, 6) is 0.856. The molecule has 0 unspecified atom stereocenters. The molecule has 0 aliphatic rings. The maximum atomic E-state index is 9.73. The molecule has 0 saturated carbocycles. The van der Waals surface area contributed by atoms with Crippen molar-refractivity contribution >= 4 is 50.1 Å². The second-order valence-corrected chi connectivity index (χ2v) is 5.72. The van der Waals surface area contributed by atoms with Crippen LogP contribution in [0.2, 0.25) is 5.15 Å². The first-order valence-electron chi connectivity index (χ1n) is 4.78. The van der Waals surface area contributed by atoms with Gasteiger partial charge in [-0.3, -0.25) is 0 Å². The Morgan fingerprint density at radius 2 is 2.17 bits per heavy atom. The molecule has 0 aliphatic carbocycles. The normalized spacial score (nSPS) is 10.4. The molecule has 18 heavy (non-hydrogen) atoms. The van der Waals surface area contributed by atoms with Crippen molar-refractivity contribution < 1.29 is 9.84 Å². The largest absolute Gasteiger partial charge is 0.503 e. The molecule has 7 heteroatoms. The number of phenols is 1. The van der Waals surface area contributed by atoms with E-state index in [0.29, 0.717) is 26.8 Å². The Balaban J connectivity index is 2.57. The number of aromatic hydroxyl groups is 1. The van der Waals surface area contributed by atoms with E-state index in [-0.39, 0.29) is 5.75 Å². The Morgan fingerprint density at radius 1 is 1.44 bits per heavy atom. The zero-order valence-electron chi connectivity index (χ0n) is 9.12. The van der Waals surface area contributed by atoms with Crippen LogP contribution < -0.4 is 4.74 Å². The molecule has 2 aromatic rings. The molecule has 94 valence electrons. The Bertz CT molecular complexity index is 610. The lowest BCUT2D eigenvalue weighted by Gasteiger charge is -2.08. The van der Waals surface area contributed by atoms with Crippen LogP contribution in [0.5, 0.6) is 11.5 Å². The van der Waals surface area contributed by atoms with E-state index in [0.717, 1.165) is 3.57 Å². The minimum absolute atomic E-state index is 0.0397. The standard InChI is InChI=1S/C11H7BrClIN2O2/c1-18-8-3-5(2-6(12)9(8)17)11-15-4-7(14)10(13)16-11/h2-4,17H,1H3. The van der Waals surface area contributed by atoms with Crippen molar-refractivity contribution in [2.45, 2.75) is 0 Å². The van der Waals surface area contributed by atoms with E-state index < -0.39 is 0 Å². The average Bonchev–Trinajstić information content (AvgIpc) is 2.36. The zero-order valence-corrected chi connectivity index (χ0v) is 13.6. The van der Waals surface area contributed by atoms with E-state index in [1.807, 2.05) is 0 Å². The van der Waals surface area contributed by atoms with Gasteiger partial charge < -0.3 is 9.84 Å². The molecular weight excluding hydrogens is 434 g/mol. The molecule has 0 radical (unpaired) electrons. The highest BCUT2D eigenvalue weighted by atomic mass is 127. The molecule has 0 amide bonds. The van der Waals surface area contributed by atoms with Gasteiger partial charge in [0.15, 0.2) is 17.3 Å². The Morgan fingerprint density at radius 3 is 2.78 bits per heavy atom. The number of methoxy groups -OCH3 is 1. The average molecular weight is 441 g/mol. The van der Waals surface area contributed by atoms with Crippen molar-refractivity contribution in [3.8, 4) is 22.9 Å². The van der Waals surface area contributed by atoms with E-state index in [1.165, 1.54) is 7.11 Å². The number of rotatable bonds is 2. The molecule has 4 nitrogen and oxygen atoms in total. The van der Waals surface area contributed by atoms with Crippen LogP contribution in [-0.2, 0) is 0 Å². The van der Waals surface area contributed by atoms with Crippen LogP contribution in [0.3, 0.4) is 0 Å². The van der Waals surface area contributed by atoms with Crippen molar-refractivity contribution in [1.29, 1.82) is 0 Å². The molecule has 1 aromatic heterocycles. The van der Waals surface area contributed by atoms with Crippen molar-refractivity contribution in [3.63, 3.8) is 0 Å². The fourth-order valence-electron chi connectivity index (χ4n) is 1.34. The third-order valence-corrected chi connectivity index (χ3v) is 4.21. The van der Waals surface area contributed by atoms with Crippen molar-refractivity contribution in [2.24, 2.45) is 0 Å². The van der Waals surface area contributed by atoms with Gasteiger partial charge in [0.05, 0.1) is 15.2 Å². The Kier molecular flexibility index (Phi) is 4.29. The van der Waals surface area contributed by atoms with E-state index in [9.17, 15) is 5.11 Å². The highest BCUT2D eigenvalue weighted by Crippen LogP contribution is 2.37. The van der Waals surface area contributed by atoms with Gasteiger partial charge in [0.2, 0.25) is 0 Å². The number of halogens is 3. The maximum Gasteiger partial charge on any atom is 0.172 e. The first kappa shape index (κ1) is 13.8. The lowest BCUT2D eigenvalue weighted by Crippen LogP contribution is -1.93. The number of hydrogen-bond donors (Lipinski definition) is 1. The fourth-order valence-corrected chi connectivity index (χ4v) is 2.17. The quantitative estimate of drug-likeness (QED) is 0.568. The van der Waals surface area contributed by atoms with Crippen LogP contribution in [0.15, 0.2) is 22.8 Å². The van der Waals surface area contributed by atoms with Gasteiger partial charge in [0.25, 0.3) is 0 Å². The molecule has 0 aliphatic heterocycles. The van der Waals surface area contributed by atoms with Crippen LogP contribution in [0.1, 0.15) is 0 Å². The summed E-state index contributed by atoms with van der Waals surface area (Å²) in [7, 11) is 1.48. The third-order valence-electron chi connectivity index (χ3n) is 2.21. The van der Waals surface area contributed by atoms with Crippen LogP contribution in [0, 0.1) is 3.57 Å². The summed E-state index contributed by atoms with van der Waals surface area (Å²) in [5.41, 5.74) is 0.704. The van der Waals surface area contributed by atoms with Crippen LogP contribution in [0.25, 0.3) is 11.4 Å². The minimum atomic E-state index is 0.0397. The lowest BCUT2D eigenvalue weighted by molar-refractivity contribution is 0.372. The minimum Gasteiger partial charge on any atom is -0.503 e. The molecule has 0 atom stereocenters. The first-order valence-corrected chi connectivity index (χ1v) is 7.03.